The van der Waals surface area contributed by atoms with Crippen LogP contribution in [0.3, 0.4) is 0 Å². The number of rotatable bonds is 3. The standard InChI is InChI=1S/C13H16N2O/c1-9-4-10(2)6-11(5-9)13-7-12(8-14-3)15-16-13/h4-7,14H,8H2,1-3H3. The number of nitrogens with zero attached hydrogens (tertiary/aromatic N) is 1. The molecule has 0 amide bonds. The molecule has 0 atom stereocenters. The molecular weight excluding hydrogens is 200 g/mol. The van der Waals surface area contributed by atoms with Crippen LogP contribution in [-0.2, 0) is 6.54 Å². The van der Waals surface area contributed by atoms with Gasteiger partial charge in [-0.2, -0.15) is 0 Å². The molecule has 0 aliphatic heterocycles. The van der Waals surface area contributed by atoms with E-state index >= 15 is 0 Å². The lowest BCUT2D eigenvalue weighted by atomic mass is 10.1. The van der Waals surface area contributed by atoms with E-state index in [1.54, 1.807) is 0 Å². The molecule has 16 heavy (non-hydrogen) atoms. The van der Waals surface area contributed by atoms with Gasteiger partial charge in [0, 0.05) is 18.2 Å². The molecule has 0 saturated carbocycles. The van der Waals surface area contributed by atoms with E-state index in [0.29, 0.717) is 0 Å². The SMILES string of the molecule is CNCc1cc(-c2cc(C)cc(C)c2)on1. The third-order valence-corrected chi connectivity index (χ3v) is 2.42. The van der Waals surface area contributed by atoms with Crippen molar-refractivity contribution < 1.29 is 4.52 Å². The van der Waals surface area contributed by atoms with Crippen LogP contribution in [0.2, 0.25) is 0 Å². The first-order valence-corrected chi connectivity index (χ1v) is 5.38. The number of aromatic nitrogens is 1. The molecule has 0 fully saturated rings. The van der Waals surface area contributed by atoms with Gasteiger partial charge in [0.05, 0.1) is 5.69 Å². The van der Waals surface area contributed by atoms with Crippen LogP contribution in [0.15, 0.2) is 28.8 Å². The lowest BCUT2D eigenvalue weighted by Crippen LogP contribution is -2.04. The van der Waals surface area contributed by atoms with Crippen LogP contribution in [0.4, 0.5) is 0 Å². The second-order valence-electron chi connectivity index (χ2n) is 4.09. The maximum Gasteiger partial charge on any atom is 0.167 e. The summed E-state index contributed by atoms with van der Waals surface area (Å²) in [5.74, 6) is 0.831. The molecule has 0 aliphatic carbocycles. The van der Waals surface area contributed by atoms with Gasteiger partial charge in [0.1, 0.15) is 0 Å². The van der Waals surface area contributed by atoms with Crippen molar-refractivity contribution in [1.29, 1.82) is 0 Å². The van der Waals surface area contributed by atoms with Gasteiger partial charge in [-0.1, -0.05) is 22.3 Å². The second kappa shape index (κ2) is 4.49. The van der Waals surface area contributed by atoms with Gasteiger partial charge < -0.3 is 9.84 Å². The smallest absolute Gasteiger partial charge is 0.167 e. The molecule has 1 aromatic heterocycles. The predicted octanol–water partition coefficient (Wildman–Crippen LogP) is 2.68. The van der Waals surface area contributed by atoms with Gasteiger partial charge in [-0.05, 0) is 33.0 Å². The molecule has 0 spiro atoms. The maximum atomic E-state index is 5.32. The van der Waals surface area contributed by atoms with Gasteiger partial charge in [0.25, 0.3) is 0 Å². The molecule has 0 saturated heterocycles. The van der Waals surface area contributed by atoms with E-state index in [1.807, 2.05) is 13.1 Å². The minimum Gasteiger partial charge on any atom is -0.356 e. The average molecular weight is 216 g/mol. The molecule has 2 rings (SSSR count). The molecule has 0 radical (unpaired) electrons. The largest absolute Gasteiger partial charge is 0.356 e. The van der Waals surface area contributed by atoms with Crippen molar-refractivity contribution in [2.75, 3.05) is 7.05 Å². The highest BCUT2D eigenvalue weighted by Crippen LogP contribution is 2.22. The van der Waals surface area contributed by atoms with Crippen LogP contribution in [-0.4, -0.2) is 12.2 Å². The van der Waals surface area contributed by atoms with Gasteiger partial charge in [-0.3, -0.25) is 0 Å². The fourth-order valence-electron chi connectivity index (χ4n) is 1.83. The van der Waals surface area contributed by atoms with E-state index in [4.69, 9.17) is 4.52 Å². The Balaban J connectivity index is 2.34. The zero-order valence-electron chi connectivity index (χ0n) is 9.87. The summed E-state index contributed by atoms with van der Waals surface area (Å²) in [6.45, 7) is 4.90. The van der Waals surface area contributed by atoms with Crippen LogP contribution in [0, 0.1) is 13.8 Å². The fourth-order valence-corrected chi connectivity index (χ4v) is 1.83. The molecule has 84 valence electrons. The highest BCUT2D eigenvalue weighted by atomic mass is 16.5. The Morgan fingerprint density at radius 2 is 1.81 bits per heavy atom. The highest BCUT2D eigenvalue weighted by Gasteiger charge is 2.06. The first kappa shape index (κ1) is 10.9. The van der Waals surface area contributed by atoms with Gasteiger partial charge in [-0.15, -0.1) is 0 Å². The molecule has 1 N–H and O–H groups in total. The number of nitrogens with one attached hydrogen (secondary N) is 1. The van der Waals surface area contributed by atoms with Crippen molar-refractivity contribution >= 4 is 0 Å². The van der Waals surface area contributed by atoms with Crippen LogP contribution >= 0.6 is 0 Å². The van der Waals surface area contributed by atoms with Crippen molar-refractivity contribution in [1.82, 2.24) is 10.5 Å². The van der Waals surface area contributed by atoms with Gasteiger partial charge in [0.2, 0.25) is 0 Å². The molecule has 1 aromatic carbocycles. The number of hydrogen-bond donors (Lipinski definition) is 1. The third-order valence-electron chi connectivity index (χ3n) is 2.42. The van der Waals surface area contributed by atoms with Crippen molar-refractivity contribution in [3.8, 4) is 11.3 Å². The molecule has 3 nitrogen and oxygen atoms in total. The van der Waals surface area contributed by atoms with E-state index in [-0.39, 0.29) is 0 Å². The van der Waals surface area contributed by atoms with Crippen molar-refractivity contribution in [2.45, 2.75) is 20.4 Å². The van der Waals surface area contributed by atoms with Crippen molar-refractivity contribution in [2.24, 2.45) is 0 Å². The Hall–Kier alpha value is -1.61. The predicted molar refractivity (Wildman–Crippen MR) is 64.2 cm³/mol. The topological polar surface area (TPSA) is 38.1 Å². The molecular formula is C13H16N2O. The summed E-state index contributed by atoms with van der Waals surface area (Å²) in [6.07, 6.45) is 0. The van der Waals surface area contributed by atoms with E-state index in [2.05, 4.69) is 42.5 Å². The van der Waals surface area contributed by atoms with Crippen LogP contribution in [0.1, 0.15) is 16.8 Å². The summed E-state index contributed by atoms with van der Waals surface area (Å²) in [5.41, 5.74) is 4.49. The Kier molecular flexibility index (Phi) is 3.06. The van der Waals surface area contributed by atoms with E-state index in [1.165, 1.54) is 11.1 Å². The van der Waals surface area contributed by atoms with Crippen LogP contribution < -0.4 is 5.32 Å². The number of hydrogen-bond acceptors (Lipinski definition) is 3. The highest BCUT2D eigenvalue weighted by molar-refractivity contribution is 5.59. The maximum absolute atomic E-state index is 5.32. The quantitative estimate of drug-likeness (QED) is 0.857. The minimum atomic E-state index is 0.730. The monoisotopic (exact) mass is 216 g/mol. The summed E-state index contributed by atoms with van der Waals surface area (Å²) in [7, 11) is 1.89. The van der Waals surface area contributed by atoms with E-state index in [9.17, 15) is 0 Å². The van der Waals surface area contributed by atoms with E-state index in [0.717, 1.165) is 23.6 Å². The fraction of sp³-hybridized carbons (Fsp3) is 0.308. The van der Waals surface area contributed by atoms with Gasteiger partial charge >= 0.3 is 0 Å². The number of benzene rings is 1. The Labute approximate surface area is 95.5 Å². The third kappa shape index (κ3) is 2.31. The summed E-state index contributed by atoms with van der Waals surface area (Å²) in [4.78, 5) is 0. The summed E-state index contributed by atoms with van der Waals surface area (Å²) < 4.78 is 5.32. The minimum absolute atomic E-state index is 0.730. The first-order valence-electron chi connectivity index (χ1n) is 5.38. The molecule has 0 unspecified atom stereocenters. The normalized spacial score (nSPS) is 10.7. The lowest BCUT2D eigenvalue weighted by Gasteiger charge is -2.00. The zero-order valence-corrected chi connectivity index (χ0v) is 9.87. The Morgan fingerprint density at radius 3 is 2.44 bits per heavy atom. The first-order chi connectivity index (χ1) is 7.69. The van der Waals surface area contributed by atoms with Gasteiger partial charge in [-0.25, -0.2) is 0 Å². The van der Waals surface area contributed by atoms with Gasteiger partial charge in [0.15, 0.2) is 5.76 Å². The molecule has 0 aliphatic rings. The summed E-state index contributed by atoms with van der Waals surface area (Å²) in [6, 6.07) is 8.34. The van der Waals surface area contributed by atoms with E-state index < -0.39 is 0 Å². The lowest BCUT2D eigenvalue weighted by molar-refractivity contribution is 0.421. The second-order valence-corrected chi connectivity index (χ2v) is 4.09. The number of aryl methyl sites for hydroxylation is 2. The average Bonchev–Trinajstić information content (AvgIpc) is 2.65. The van der Waals surface area contributed by atoms with Crippen molar-refractivity contribution in [3.63, 3.8) is 0 Å². The van der Waals surface area contributed by atoms with Crippen LogP contribution in [0.5, 0.6) is 0 Å². The van der Waals surface area contributed by atoms with Crippen LogP contribution in [0.25, 0.3) is 11.3 Å². The molecule has 2 aromatic rings. The molecule has 0 bridgehead atoms. The zero-order chi connectivity index (χ0) is 11.5. The summed E-state index contributed by atoms with van der Waals surface area (Å²) in [5, 5.41) is 7.05. The Morgan fingerprint density at radius 1 is 1.12 bits per heavy atom. The summed E-state index contributed by atoms with van der Waals surface area (Å²) >= 11 is 0. The van der Waals surface area contributed by atoms with Crippen molar-refractivity contribution in [3.05, 3.63) is 41.1 Å². The molecule has 1 heterocycles. The Bertz CT molecular complexity index is 468. The molecule has 3 heteroatoms.